The molecule has 2 N–H and O–H groups in total. The van der Waals surface area contributed by atoms with Gasteiger partial charge in [-0.15, -0.1) is 0 Å². The minimum Gasteiger partial charge on any atom is -0.493 e. The second-order valence-corrected chi connectivity index (χ2v) is 7.01. The van der Waals surface area contributed by atoms with Crippen molar-refractivity contribution in [2.45, 2.75) is 32.9 Å². The van der Waals surface area contributed by atoms with Gasteiger partial charge >= 0.3 is 6.61 Å². The first-order valence-electron chi connectivity index (χ1n) is 9.25. The molecular weight excluding hydrogens is 418 g/mol. The van der Waals surface area contributed by atoms with E-state index in [9.17, 15) is 18.4 Å². The molecule has 0 spiro atoms. The molecule has 162 valence electrons. The van der Waals surface area contributed by atoms with Gasteiger partial charge in [-0.2, -0.15) is 8.78 Å². The van der Waals surface area contributed by atoms with Gasteiger partial charge in [0.15, 0.2) is 11.5 Å². The van der Waals surface area contributed by atoms with Crippen molar-refractivity contribution in [2.24, 2.45) is 5.92 Å². The molecule has 2 aromatic carbocycles. The summed E-state index contributed by atoms with van der Waals surface area (Å²) in [6, 6.07) is 9.55. The molecule has 30 heavy (non-hydrogen) atoms. The molecule has 0 saturated heterocycles. The van der Waals surface area contributed by atoms with E-state index in [0.29, 0.717) is 17.0 Å². The van der Waals surface area contributed by atoms with E-state index >= 15 is 0 Å². The Balaban J connectivity index is 2.19. The Morgan fingerprint density at radius 3 is 2.33 bits per heavy atom. The van der Waals surface area contributed by atoms with Crippen molar-refractivity contribution in [1.29, 1.82) is 0 Å². The van der Waals surface area contributed by atoms with E-state index in [4.69, 9.17) is 16.3 Å². The van der Waals surface area contributed by atoms with E-state index in [1.165, 1.54) is 25.3 Å². The fourth-order valence-corrected chi connectivity index (χ4v) is 2.82. The molecule has 0 fully saturated rings. The molecule has 0 bridgehead atoms. The molecule has 9 heteroatoms. The SMILES string of the molecule is CCC(C)C(NC(=O)c1ccc(Cl)cc1)C(=O)Nc1ccc(OC)c(OC(F)F)c1. The van der Waals surface area contributed by atoms with Crippen LogP contribution in [0.4, 0.5) is 14.5 Å². The number of hydrogen-bond donors (Lipinski definition) is 2. The van der Waals surface area contributed by atoms with Crippen molar-refractivity contribution in [1.82, 2.24) is 5.32 Å². The number of rotatable bonds is 9. The van der Waals surface area contributed by atoms with Crippen molar-refractivity contribution in [3.8, 4) is 11.5 Å². The largest absolute Gasteiger partial charge is 0.493 e. The third-order valence-electron chi connectivity index (χ3n) is 4.54. The minimum absolute atomic E-state index is 0.0998. The standard InChI is InChI=1S/C21H23ClF2N2O4/c1-4-12(2)18(26-19(27)13-5-7-14(22)8-6-13)20(28)25-15-9-10-16(29-3)17(11-15)30-21(23)24/h5-12,18,21H,4H2,1-3H3,(H,25,28)(H,26,27). The number of alkyl halides is 2. The summed E-state index contributed by atoms with van der Waals surface area (Å²) in [5, 5.41) is 5.85. The predicted octanol–water partition coefficient (Wildman–Crippen LogP) is 4.73. The molecule has 0 aromatic heterocycles. The van der Waals surface area contributed by atoms with E-state index in [1.807, 2.05) is 13.8 Å². The average Bonchev–Trinajstić information content (AvgIpc) is 2.71. The van der Waals surface area contributed by atoms with Crippen LogP contribution < -0.4 is 20.1 Å². The lowest BCUT2D eigenvalue weighted by Crippen LogP contribution is -2.47. The number of amides is 2. The van der Waals surface area contributed by atoms with Gasteiger partial charge in [0.25, 0.3) is 5.91 Å². The Morgan fingerprint density at radius 1 is 1.10 bits per heavy atom. The molecule has 0 saturated carbocycles. The van der Waals surface area contributed by atoms with Gasteiger partial charge in [0.2, 0.25) is 5.91 Å². The zero-order chi connectivity index (χ0) is 22.3. The number of methoxy groups -OCH3 is 1. The summed E-state index contributed by atoms with van der Waals surface area (Å²) in [7, 11) is 1.32. The number of nitrogens with one attached hydrogen (secondary N) is 2. The highest BCUT2D eigenvalue weighted by molar-refractivity contribution is 6.30. The summed E-state index contributed by atoms with van der Waals surface area (Å²) in [5.74, 6) is -1.21. The normalized spacial score (nSPS) is 12.8. The summed E-state index contributed by atoms with van der Waals surface area (Å²) in [6.45, 7) is 0.670. The molecule has 0 aliphatic rings. The van der Waals surface area contributed by atoms with E-state index < -0.39 is 24.5 Å². The smallest absolute Gasteiger partial charge is 0.387 e. The summed E-state index contributed by atoms with van der Waals surface area (Å²) in [4.78, 5) is 25.4. The molecule has 0 aliphatic heterocycles. The van der Waals surface area contributed by atoms with Crippen LogP contribution in [-0.2, 0) is 4.79 Å². The van der Waals surface area contributed by atoms with Crippen LogP contribution in [0.2, 0.25) is 5.02 Å². The maximum Gasteiger partial charge on any atom is 0.387 e. The maximum absolute atomic E-state index is 12.9. The van der Waals surface area contributed by atoms with Crippen molar-refractivity contribution in [3.05, 3.63) is 53.1 Å². The van der Waals surface area contributed by atoms with Crippen molar-refractivity contribution in [3.63, 3.8) is 0 Å². The summed E-state index contributed by atoms with van der Waals surface area (Å²) in [5.41, 5.74) is 0.586. The summed E-state index contributed by atoms with van der Waals surface area (Å²) >= 11 is 5.84. The number of carbonyl (C=O) groups excluding carboxylic acids is 2. The third-order valence-corrected chi connectivity index (χ3v) is 4.79. The summed E-state index contributed by atoms with van der Waals surface area (Å²) < 4.78 is 34.7. The molecule has 0 radical (unpaired) electrons. The quantitative estimate of drug-likeness (QED) is 0.590. The molecular formula is C21H23ClF2N2O4. The van der Waals surface area contributed by atoms with Crippen LogP contribution in [0.25, 0.3) is 0 Å². The van der Waals surface area contributed by atoms with Gasteiger partial charge in [-0.3, -0.25) is 9.59 Å². The van der Waals surface area contributed by atoms with Crippen LogP contribution in [-0.4, -0.2) is 31.6 Å². The Bertz CT molecular complexity index is 878. The van der Waals surface area contributed by atoms with E-state index in [2.05, 4.69) is 15.4 Å². The first-order valence-corrected chi connectivity index (χ1v) is 9.63. The Hall–Kier alpha value is -2.87. The molecule has 0 heterocycles. The van der Waals surface area contributed by atoms with Gasteiger partial charge in [-0.1, -0.05) is 31.9 Å². The number of halogens is 3. The lowest BCUT2D eigenvalue weighted by atomic mass is 9.97. The highest BCUT2D eigenvalue weighted by Crippen LogP contribution is 2.31. The number of hydrogen-bond acceptors (Lipinski definition) is 4. The number of carbonyl (C=O) groups is 2. The topological polar surface area (TPSA) is 76.7 Å². The maximum atomic E-state index is 12.9. The zero-order valence-electron chi connectivity index (χ0n) is 16.7. The number of ether oxygens (including phenoxy) is 2. The van der Waals surface area contributed by atoms with Gasteiger partial charge in [0.1, 0.15) is 6.04 Å². The Labute approximate surface area is 178 Å². The molecule has 2 atom stereocenters. The van der Waals surface area contributed by atoms with Gasteiger partial charge in [-0.05, 0) is 42.3 Å². The molecule has 2 amide bonds. The van der Waals surface area contributed by atoms with Gasteiger partial charge in [-0.25, -0.2) is 0 Å². The van der Waals surface area contributed by atoms with Crippen LogP contribution in [0, 0.1) is 5.92 Å². The minimum atomic E-state index is -3.05. The van der Waals surface area contributed by atoms with E-state index in [-0.39, 0.29) is 23.1 Å². The van der Waals surface area contributed by atoms with Crippen LogP contribution in [0.3, 0.4) is 0 Å². The molecule has 6 nitrogen and oxygen atoms in total. The monoisotopic (exact) mass is 440 g/mol. The Kier molecular flexibility index (Phi) is 8.41. The molecule has 2 aromatic rings. The number of anilines is 1. The van der Waals surface area contributed by atoms with Gasteiger partial charge in [0, 0.05) is 22.3 Å². The highest BCUT2D eigenvalue weighted by Gasteiger charge is 2.27. The second-order valence-electron chi connectivity index (χ2n) is 6.58. The van der Waals surface area contributed by atoms with Crippen LogP contribution in [0.5, 0.6) is 11.5 Å². The third kappa shape index (κ3) is 6.32. The highest BCUT2D eigenvalue weighted by atomic mass is 35.5. The predicted molar refractivity (Wildman–Crippen MR) is 110 cm³/mol. The lowest BCUT2D eigenvalue weighted by Gasteiger charge is -2.24. The average molecular weight is 441 g/mol. The molecule has 0 aliphatic carbocycles. The summed E-state index contributed by atoms with van der Waals surface area (Å²) in [6.07, 6.45) is 0.626. The van der Waals surface area contributed by atoms with Crippen molar-refractivity contribution >= 4 is 29.1 Å². The van der Waals surface area contributed by atoms with Crippen LogP contribution in [0.1, 0.15) is 30.6 Å². The second kappa shape index (κ2) is 10.8. The van der Waals surface area contributed by atoms with E-state index in [0.717, 1.165) is 0 Å². The van der Waals surface area contributed by atoms with E-state index in [1.54, 1.807) is 24.3 Å². The fraction of sp³-hybridized carbons (Fsp3) is 0.333. The van der Waals surface area contributed by atoms with Crippen LogP contribution >= 0.6 is 11.6 Å². The molecule has 2 rings (SSSR count). The zero-order valence-corrected chi connectivity index (χ0v) is 17.5. The van der Waals surface area contributed by atoms with Crippen molar-refractivity contribution in [2.75, 3.05) is 12.4 Å². The number of benzene rings is 2. The first kappa shape index (κ1) is 23.4. The van der Waals surface area contributed by atoms with Crippen LogP contribution in [0.15, 0.2) is 42.5 Å². The first-order chi connectivity index (χ1) is 14.2. The van der Waals surface area contributed by atoms with Crippen molar-refractivity contribution < 1.29 is 27.8 Å². The van der Waals surface area contributed by atoms with Gasteiger partial charge < -0.3 is 20.1 Å². The van der Waals surface area contributed by atoms with Gasteiger partial charge in [0.05, 0.1) is 7.11 Å². The molecule has 2 unspecified atom stereocenters. The lowest BCUT2D eigenvalue weighted by molar-refractivity contribution is -0.119. The Morgan fingerprint density at radius 2 is 1.77 bits per heavy atom. The fourth-order valence-electron chi connectivity index (χ4n) is 2.69.